The molecule has 0 saturated heterocycles. The van der Waals surface area contributed by atoms with Crippen LogP contribution in [0.1, 0.15) is 36.2 Å². The highest BCUT2D eigenvalue weighted by Gasteiger charge is 2.38. The fraction of sp³-hybridized carbons (Fsp3) is 0.333. The maximum Gasteiger partial charge on any atom is 0.433 e. The number of methoxy groups -OCH3 is 1. The molecule has 4 nitrogen and oxygen atoms in total. The summed E-state index contributed by atoms with van der Waals surface area (Å²) in [6, 6.07) is 12.7. The summed E-state index contributed by atoms with van der Waals surface area (Å²) in [7, 11) is 3.08. The van der Waals surface area contributed by atoms with Gasteiger partial charge in [-0.05, 0) is 36.1 Å². The summed E-state index contributed by atoms with van der Waals surface area (Å²) in [5.41, 5.74) is 2.00. The largest absolute Gasteiger partial charge is 0.496 e. The van der Waals surface area contributed by atoms with E-state index in [0.29, 0.717) is 18.7 Å². The third-order valence-corrected chi connectivity index (χ3v) is 5.26. The van der Waals surface area contributed by atoms with Crippen molar-refractivity contribution in [1.29, 1.82) is 0 Å². The van der Waals surface area contributed by atoms with Gasteiger partial charge in [-0.1, -0.05) is 38.1 Å². The molecule has 0 aliphatic carbocycles. The van der Waals surface area contributed by atoms with Crippen molar-refractivity contribution in [3.8, 4) is 17.0 Å². The second kappa shape index (κ2) is 9.37. The van der Waals surface area contributed by atoms with Crippen LogP contribution in [0.25, 0.3) is 11.3 Å². The van der Waals surface area contributed by atoms with Crippen molar-refractivity contribution >= 4 is 5.82 Å². The normalized spacial score (nSPS) is 11.5. The van der Waals surface area contributed by atoms with Crippen LogP contribution in [-0.4, -0.2) is 24.1 Å². The van der Waals surface area contributed by atoms with Crippen LogP contribution in [0.15, 0.2) is 48.7 Å². The Hall–Kier alpha value is -3.09. The first kappa shape index (κ1) is 22.6. The number of benzene rings is 1. The molecule has 0 fully saturated rings. The molecule has 0 aliphatic heterocycles. The van der Waals surface area contributed by atoms with Crippen molar-refractivity contribution in [2.24, 2.45) is 0 Å². The van der Waals surface area contributed by atoms with Gasteiger partial charge in [0.1, 0.15) is 11.6 Å². The quantitative estimate of drug-likeness (QED) is 0.466. The minimum Gasteiger partial charge on any atom is -0.496 e. The van der Waals surface area contributed by atoms with Gasteiger partial charge < -0.3 is 9.64 Å². The van der Waals surface area contributed by atoms with Crippen molar-refractivity contribution in [1.82, 2.24) is 9.97 Å². The average Bonchev–Trinajstić information content (AvgIpc) is 2.78. The lowest BCUT2D eigenvalue weighted by Crippen LogP contribution is -2.22. The summed E-state index contributed by atoms with van der Waals surface area (Å²) in [6.45, 7) is 3.92. The van der Waals surface area contributed by atoms with Crippen molar-refractivity contribution in [2.75, 3.05) is 19.1 Å². The molecule has 7 heteroatoms. The van der Waals surface area contributed by atoms with Gasteiger partial charge in [-0.15, -0.1) is 0 Å². The maximum absolute atomic E-state index is 14.1. The van der Waals surface area contributed by atoms with Crippen LogP contribution >= 0.6 is 0 Å². The third kappa shape index (κ3) is 4.81. The number of aromatic nitrogens is 2. The number of ether oxygens (including phenoxy) is 1. The third-order valence-electron chi connectivity index (χ3n) is 5.26. The van der Waals surface area contributed by atoms with Crippen LogP contribution < -0.4 is 9.64 Å². The highest BCUT2D eigenvalue weighted by molar-refractivity contribution is 5.70. The Morgan fingerprint density at radius 2 is 1.68 bits per heavy atom. The van der Waals surface area contributed by atoms with Crippen LogP contribution in [0.2, 0.25) is 0 Å². The molecule has 0 bridgehead atoms. The molecular weight excluding hydrogens is 403 g/mol. The molecule has 0 amide bonds. The molecular formula is C24H26F3N3O. The topological polar surface area (TPSA) is 38.2 Å². The fourth-order valence-corrected chi connectivity index (χ4v) is 3.71. The molecule has 0 spiro atoms. The van der Waals surface area contributed by atoms with Gasteiger partial charge in [-0.25, -0.2) is 9.97 Å². The smallest absolute Gasteiger partial charge is 0.433 e. The molecule has 2 heterocycles. The number of nitrogens with zero attached hydrogens (tertiary/aromatic N) is 3. The van der Waals surface area contributed by atoms with Crippen LogP contribution in [0.4, 0.5) is 19.0 Å². The SMILES string of the molecule is CCc1cccc(CC)c1-c1cc(OC)c(CN(C)c2ccccn2)c(C(F)(F)F)n1. The van der Waals surface area contributed by atoms with E-state index in [1.807, 2.05) is 32.0 Å². The molecule has 31 heavy (non-hydrogen) atoms. The van der Waals surface area contributed by atoms with Crippen LogP contribution in [0.5, 0.6) is 5.75 Å². The van der Waals surface area contributed by atoms with Gasteiger partial charge in [-0.2, -0.15) is 13.2 Å². The van der Waals surface area contributed by atoms with E-state index in [4.69, 9.17) is 4.74 Å². The molecule has 0 N–H and O–H groups in total. The number of hydrogen-bond donors (Lipinski definition) is 0. The molecule has 3 aromatic rings. The van der Waals surface area contributed by atoms with E-state index in [1.165, 1.54) is 7.11 Å². The first-order valence-electron chi connectivity index (χ1n) is 10.2. The fourth-order valence-electron chi connectivity index (χ4n) is 3.71. The summed E-state index contributed by atoms with van der Waals surface area (Å²) >= 11 is 0. The Bertz CT molecular complexity index is 1010. The maximum atomic E-state index is 14.1. The zero-order valence-electron chi connectivity index (χ0n) is 18.1. The zero-order chi connectivity index (χ0) is 22.6. The van der Waals surface area contributed by atoms with Gasteiger partial charge in [0.05, 0.1) is 12.8 Å². The second-order valence-electron chi connectivity index (χ2n) is 7.24. The summed E-state index contributed by atoms with van der Waals surface area (Å²) in [4.78, 5) is 10.00. The summed E-state index contributed by atoms with van der Waals surface area (Å²) in [6.07, 6.45) is -1.64. The van der Waals surface area contributed by atoms with Crippen molar-refractivity contribution < 1.29 is 17.9 Å². The van der Waals surface area contributed by atoms with Crippen LogP contribution in [0.3, 0.4) is 0 Å². The Kier molecular flexibility index (Phi) is 6.83. The van der Waals surface area contributed by atoms with Crippen molar-refractivity contribution in [2.45, 2.75) is 39.4 Å². The van der Waals surface area contributed by atoms with Crippen molar-refractivity contribution in [3.05, 3.63) is 71.0 Å². The van der Waals surface area contributed by atoms with E-state index in [2.05, 4.69) is 9.97 Å². The molecule has 3 rings (SSSR count). The summed E-state index contributed by atoms with van der Waals surface area (Å²) < 4.78 is 47.8. The lowest BCUT2D eigenvalue weighted by atomic mass is 9.94. The first-order chi connectivity index (χ1) is 14.8. The second-order valence-corrected chi connectivity index (χ2v) is 7.24. The molecule has 0 aliphatic rings. The minimum absolute atomic E-state index is 0.0149. The Balaban J connectivity index is 2.19. The van der Waals surface area contributed by atoms with E-state index in [-0.39, 0.29) is 23.6 Å². The average molecular weight is 429 g/mol. The van der Waals surface area contributed by atoms with E-state index >= 15 is 0 Å². The number of anilines is 1. The predicted molar refractivity (Wildman–Crippen MR) is 116 cm³/mol. The molecule has 164 valence electrons. The highest BCUT2D eigenvalue weighted by Crippen LogP contribution is 2.39. The van der Waals surface area contributed by atoms with Crippen LogP contribution in [-0.2, 0) is 25.6 Å². The molecule has 0 atom stereocenters. The zero-order valence-corrected chi connectivity index (χ0v) is 18.1. The minimum atomic E-state index is -4.63. The van der Waals surface area contributed by atoms with Gasteiger partial charge in [0.15, 0.2) is 5.69 Å². The Morgan fingerprint density at radius 1 is 1.00 bits per heavy atom. The number of hydrogen-bond acceptors (Lipinski definition) is 4. The monoisotopic (exact) mass is 429 g/mol. The van der Waals surface area contributed by atoms with E-state index in [1.54, 1.807) is 42.4 Å². The van der Waals surface area contributed by atoms with Crippen LogP contribution in [0, 0.1) is 0 Å². The summed E-state index contributed by atoms with van der Waals surface area (Å²) in [5.74, 6) is 0.722. The molecule has 0 radical (unpaired) electrons. The number of halogens is 3. The number of pyridine rings is 2. The first-order valence-corrected chi connectivity index (χ1v) is 10.2. The van der Waals surface area contributed by atoms with Crippen molar-refractivity contribution in [3.63, 3.8) is 0 Å². The Morgan fingerprint density at radius 3 is 2.19 bits per heavy atom. The number of alkyl halides is 3. The Labute approximate surface area is 180 Å². The summed E-state index contributed by atoms with van der Waals surface area (Å²) in [5, 5.41) is 0. The van der Waals surface area contributed by atoms with E-state index in [9.17, 15) is 13.2 Å². The van der Waals surface area contributed by atoms with Gasteiger partial charge in [0.25, 0.3) is 0 Å². The van der Waals surface area contributed by atoms with Gasteiger partial charge in [-0.3, -0.25) is 0 Å². The van der Waals surface area contributed by atoms with E-state index < -0.39 is 11.9 Å². The lowest BCUT2D eigenvalue weighted by Gasteiger charge is -2.23. The standard InChI is InChI=1S/C24H26F3N3O/c1-5-16-10-9-11-17(6-2)22(16)19-14-20(31-4)18(23(29-19)24(25,26)27)15-30(3)21-12-7-8-13-28-21/h7-14H,5-6,15H2,1-4H3. The molecule has 0 unspecified atom stereocenters. The lowest BCUT2D eigenvalue weighted by molar-refractivity contribution is -0.141. The van der Waals surface area contributed by atoms with Gasteiger partial charge >= 0.3 is 6.18 Å². The van der Waals surface area contributed by atoms with Gasteiger partial charge in [0, 0.05) is 37.0 Å². The highest BCUT2D eigenvalue weighted by atomic mass is 19.4. The molecule has 0 saturated carbocycles. The predicted octanol–water partition coefficient (Wildman–Crippen LogP) is 5.93. The van der Waals surface area contributed by atoms with Gasteiger partial charge in [0.2, 0.25) is 0 Å². The number of rotatable bonds is 7. The van der Waals surface area contributed by atoms with E-state index in [0.717, 1.165) is 16.7 Å². The number of aryl methyl sites for hydroxylation is 2. The molecule has 2 aromatic heterocycles. The molecule has 1 aromatic carbocycles.